The Morgan fingerprint density at radius 2 is 1.82 bits per heavy atom. The summed E-state index contributed by atoms with van der Waals surface area (Å²) in [4.78, 5) is 8.77. The number of oxazole rings is 1. The Kier molecular flexibility index (Phi) is 5.10. The number of fused-ring (bicyclic) bond motifs is 1. The van der Waals surface area contributed by atoms with Crippen LogP contribution in [0.4, 0.5) is 0 Å². The summed E-state index contributed by atoms with van der Waals surface area (Å²) in [6.07, 6.45) is 1.66. The average molecular weight is 374 g/mol. The maximum atomic E-state index is 5.81. The number of furan rings is 1. The monoisotopic (exact) mass is 374 g/mol. The van der Waals surface area contributed by atoms with E-state index in [1.54, 1.807) is 13.3 Å². The molecule has 2 aromatic heterocycles. The number of nitrogens with zero attached hydrogens (tertiary/aromatic N) is 2. The summed E-state index contributed by atoms with van der Waals surface area (Å²) >= 11 is 0. The van der Waals surface area contributed by atoms with E-state index in [4.69, 9.17) is 8.83 Å². The molecular formula is C22H22N4O2. The molecule has 0 saturated heterocycles. The summed E-state index contributed by atoms with van der Waals surface area (Å²) in [5.41, 5.74) is 3.86. The maximum Gasteiger partial charge on any atom is 0.226 e. The van der Waals surface area contributed by atoms with Crippen molar-refractivity contribution in [3.8, 4) is 11.5 Å². The Labute approximate surface area is 163 Å². The molecule has 4 aromatic rings. The second-order valence-electron chi connectivity index (χ2n) is 6.54. The smallest absolute Gasteiger partial charge is 0.226 e. The van der Waals surface area contributed by atoms with Crippen LogP contribution in [-0.4, -0.2) is 18.0 Å². The van der Waals surface area contributed by atoms with E-state index in [0.29, 0.717) is 24.9 Å². The van der Waals surface area contributed by atoms with Crippen LogP contribution in [0.2, 0.25) is 0 Å². The van der Waals surface area contributed by atoms with Crippen molar-refractivity contribution < 1.29 is 8.83 Å². The number of aryl methyl sites for hydroxylation is 1. The van der Waals surface area contributed by atoms with Crippen molar-refractivity contribution in [1.29, 1.82) is 0 Å². The highest BCUT2D eigenvalue weighted by Crippen LogP contribution is 2.19. The zero-order chi connectivity index (χ0) is 19.3. The molecule has 2 heterocycles. The van der Waals surface area contributed by atoms with Crippen molar-refractivity contribution in [3.63, 3.8) is 0 Å². The molecule has 6 nitrogen and oxygen atoms in total. The fraction of sp³-hybridized carbons (Fsp3) is 0.182. The molecule has 0 aliphatic rings. The number of aromatic nitrogens is 1. The molecule has 0 saturated carbocycles. The summed E-state index contributed by atoms with van der Waals surface area (Å²) in [6, 6.07) is 18.1. The van der Waals surface area contributed by atoms with Crippen molar-refractivity contribution >= 4 is 16.9 Å². The van der Waals surface area contributed by atoms with Crippen molar-refractivity contribution in [2.45, 2.75) is 20.0 Å². The topological polar surface area (TPSA) is 75.6 Å². The number of benzene rings is 2. The lowest BCUT2D eigenvalue weighted by Crippen LogP contribution is -2.36. The SMILES string of the molecule is CN=C(NCc1coc(-c2ccc(C)cc2)n1)NCc1cc2ccccc2o1. The molecule has 142 valence electrons. The van der Waals surface area contributed by atoms with Crippen LogP contribution >= 0.6 is 0 Å². The second-order valence-corrected chi connectivity index (χ2v) is 6.54. The number of hydrogen-bond acceptors (Lipinski definition) is 4. The first kappa shape index (κ1) is 17.9. The number of nitrogens with one attached hydrogen (secondary N) is 2. The highest BCUT2D eigenvalue weighted by atomic mass is 16.3. The zero-order valence-electron chi connectivity index (χ0n) is 15.9. The minimum absolute atomic E-state index is 0.509. The van der Waals surface area contributed by atoms with Gasteiger partial charge < -0.3 is 19.5 Å². The van der Waals surface area contributed by atoms with E-state index in [2.05, 4.69) is 27.5 Å². The van der Waals surface area contributed by atoms with Gasteiger partial charge in [0.05, 0.1) is 18.8 Å². The van der Waals surface area contributed by atoms with Gasteiger partial charge in [-0.2, -0.15) is 0 Å². The molecule has 4 rings (SSSR count). The number of para-hydroxylation sites is 1. The molecule has 0 spiro atoms. The number of hydrogen-bond donors (Lipinski definition) is 2. The Hall–Kier alpha value is -3.54. The van der Waals surface area contributed by atoms with Crippen molar-refractivity contribution in [2.75, 3.05) is 7.05 Å². The van der Waals surface area contributed by atoms with E-state index in [9.17, 15) is 0 Å². The van der Waals surface area contributed by atoms with Crippen LogP contribution in [0.1, 0.15) is 17.0 Å². The molecule has 0 unspecified atom stereocenters. The van der Waals surface area contributed by atoms with Crippen LogP contribution in [-0.2, 0) is 13.1 Å². The van der Waals surface area contributed by atoms with Gasteiger partial charge in [0, 0.05) is 18.0 Å². The fourth-order valence-corrected chi connectivity index (χ4v) is 2.91. The first-order valence-corrected chi connectivity index (χ1v) is 9.15. The molecule has 0 atom stereocenters. The third-order valence-electron chi connectivity index (χ3n) is 4.42. The molecule has 0 aliphatic carbocycles. The third kappa shape index (κ3) is 4.06. The van der Waals surface area contributed by atoms with Crippen LogP contribution in [0.15, 0.2) is 74.7 Å². The predicted molar refractivity (Wildman–Crippen MR) is 110 cm³/mol. The second kappa shape index (κ2) is 8.00. The largest absolute Gasteiger partial charge is 0.459 e. The number of aliphatic imine (C=N–C) groups is 1. The highest BCUT2D eigenvalue weighted by Gasteiger charge is 2.08. The first-order valence-electron chi connectivity index (χ1n) is 9.15. The van der Waals surface area contributed by atoms with E-state index >= 15 is 0 Å². The van der Waals surface area contributed by atoms with Crippen LogP contribution in [0.25, 0.3) is 22.4 Å². The van der Waals surface area contributed by atoms with E-state index in [0.717, 1.165) is 28.0 Å². The lowest BCUT2D eigenvalue weighted by molar-refractivity contribution is 0.538. The van der Waals surface area contributed by atoms with E-state index in [1.807, 2.05) is 54.6 Å². The van der Waals surface area contributed by atoms with Gasteiger partial charge in [0.15, 0.2) is 5.96 Å². The molecular weight excluding hydrogens is 352 g/mol. The van der Waals surface area contributed by atoms with Gasteiger partial charge in [-0.3, -0.25) is 4.99 Å². The Morgan fingerprint density at radius 1 is 1.04 bits per heavy atom. The van der Waals surface area contributed by atoms with Gasteiger partial charge in [-0.1, -0.05) is 35.9 Å². The molecule has 0 radical (unpaired) electrons. The molecule has 2 aromatic carbocycles. The molecule has 0 aliphatic heterocycles. The maximum absolute atomic E-state index is 5.81. The normalized spacial score (nSPS) is 11.7. The first-order chi connectivity index (χ1) is 13.7. The van der Waals surface area contributed by atoms with Crippen molar-refractivity contribution in [1.82, 2.24) is 15.6 Å². The van der Waals surface area contributed by atoms with Crippen molar-refractivity contribution in [3.05, 3.63) is 77.9 Å². The lowest BCUT2D eigenvalue weighted by Gasteiger charge is -2.09. The van der Waals surface area contributed by atoms with E-state index < -0.39 is 0 Å². The third-order valence-corrected chi connectivity index (χ3v) is 4.42. The van der Waals surface area contributed by atoms with Gasteiger partial charge in [0.1, 0.15) is 17.6 Å². The summed E-state index contributed by atoms with van der Waals surface area (Å²) in [5, 5.41) is 7.58. The van der Waals surface area contributed by atoms with Crippen LogP contribution in [0.5, 0.6) is 0 Å². The summed E-state index contributed by atoms with van der Waals surface area (Å²) in [6.45, 7) is 3.11. The molecule has 0 bridgehead atoms. The van der Waals surface area contributed by atoms with Crippen LogP contribution in [0.3, 0.4) is 0 Å². The molecule has 6 heteroatoms. The summed E-state index contributed by atoms with van der Waals surface area (Å²) in [5.74, 6) is 2.13. The van der Waals surface area contributed by atoms with Gasteiger partial charge in [-0.05, 0) is 31.2 Å². The van der Waals surface area contributed by atoms with E-state index in [-0.39, 0.29) is 0 Å². The molecule has 0 amide bonds. The Bertz CT molecular complexity index is 1060. The van der Waals surface area contributed by atoms with Gasteiger partial charge in [-0.15, -0.1) is 0 Å². The minimum atomic E-state index is 0.509. The Morgan fingerprint density at radius 3 is 2.61 bits per heavy atom. The molecule has 0 fully saturated rings. The average Bonchev–Trinajstić information content (AvgIpc) is 3.35. The minimum Gasteiger partial charge on any atom is -0.459 e. The van der Waals surface area contributed by atoms with Crippen LogP contribution in [0, 0.1) is 6.92 Å². The Balaban J connectivity index is 1.33. The van der Waals surface area contributed by atoms with Crippen molar-refractivity contribution in [2.24, 2.45) is 4.99 Å². The quantitative estimate of drug-likeness (QED) is 0.403. The van der Waals surface area contributed by atoms with Gasteiger partial charge in [0.2, 0.25) is 5.89 Å². The fourth-order valence-electron chi connectivity index (χ4n) is 2.91. The molecule has 2 N–H and O–H groups in total. The van der Waals surface area contributed by atoms with Gasteiger partial charge >= 0.3 is 0 Å². The highest BCUT2D eigenvalue weighted by molar-refractivity contribution is 5.80. The lowest BCUT2D eigenvalue weighted by atomic mass is 10.1. The standard InChI is InChI=1S/C22H22N4O2/c1-15-7-9-16(10-8-15)21-26-18(14-27-21)12-24-22(23-2)25-13-19-11-17-5-3-4-6-20(17)28-19/h3-11,14H,12-13H2,1-2H3,(H2,23,24,25). The molecule has 28 heavy (non-hydrogen) atoms. The summed E-state index contributed by atoms with van der Waals surface area (Å²) in [7, 11) is 1.73. The van der Waals surface area contributed by atoms with Gasteiger partial charge in [-0.25, -0.2) is 4.98 Å². The van der Waals surface area contributed by atoms with Gasteiger partial charge in [0.25, 0.3) is 0 Å². The predicted octanol–water partition coefficient (Wildman–Crippen LogP) is 4.26. The summed E-state index contributed by atoms with van der Waals surface area (Å²) < 4.78 is 11.4. The number of rotatable bonds is 5. The van der Waals surface area contributed by atoms with Crippen LogP contribution < -0.4 is 10.6 Å². The zero-order valence-corrected chi connectivity index (χ0v) is 15.9. The number of guanidine groups is 1. The van der Waals surface area contributed by atoms with E-state index in [1.165, 1.54) is 5.56 Å².